The molecule has 25 heavy (non-hydrogen) atoms. The van der Waals surface area contributed by atoms with Crippen LogP contribution in [0.5, 0.6) is 0 Å². The summed E-state index contributed by atoms with van der Waals surface area (Å²) in [6.45, 7) is 0. The van der Waals surface area contributed by atoms with Crippen molar-refractivity contribution >= 4 is 39.1 Å². The van der Waals surface area contributed by atoms with Crippen LogP contribution in [0.4, 0.5) is 5.69 Å². The predicted octanol–water partition coefficient (Wildman–Crippen LogP) is 4.06. The summed E-state index contributed by atoms with van der Waals surface area (Å²) in [5.41, 5.74) is 1.07. The van der Waals surface area contributed by atoms with Crippen LogP contribution in [0.2, 0.25) is 0 Å². The number of aryl methyl sites for hydroxylation is 1. The van der Waals surface area contributed by atoms with Crippen molar-refractivity contribution in [1.29, 1.82) is 0 Å². The van der Waals surface area contributed by atoms with Crippen molar-refractivity contribution in [3.8, 4) is 0 Å². The summed E-state index contributed by atoms with van der Waals surface area (Å²) in [6.07, 6.45) is 5.17. The van der Waals surface area contributed by atoms with E-state index in [-0.39, 0.29) is 29.8 Å². The van der Waals surface area contributed by atoms with Crippen LogP contribution in [0.1, 0.15) is 50.5 Å². The van der Waals surface area contributed by atoms with Gasteiger partial charge >= 0.3 is 0 Å². The minimum Gasteiger partial charge on any atom is -0.326 e. The van der Waals surface area contributed by atoms with E-state index in [1.807, 2.05) is 24.3 Å². The summed E-state index contributed by atoms with van der Waals surface area (Å²) in [4.78, 5) is 37.5. The fraction of sp³-hybridized carbons (Fsp3) is 0.550. The summed E-state index contributed by atoms with van der Waals surface area (Å²) in [6, 6.07) is 7.81. The third-order valence-electron chi connectivity index (χ3n) is 5.67. The first kappa shape index (κ1) is 18.3. The Morgan fingerprint density at radius 1 is 1.20 bits per heavy atom. The van der Waals surface area contributed by atoms with Gasteiger partial charge in [-0.1, -0.05) is 40.9 Å². The highest BCUT2D eigenvalue weighted by atomic mass is 79.9. The molecule has 1 atom stereocenters. The summed E-state index contributed by atoms with van der Waals surface area (Å²) in [7, 11) is 0. The lowest BCUT2D eigenvalue weighted by Gasteiger charge is -2.38. The number of alkyl halides is 1. The van der Waals surface area contributed by atoms with Crippen LogP contribution in [-0.4, -0.2) is 22.8 Å². The molecule has 0 radical (unpaired) electrons. The molecular formula is C20H24BrNO3. The second-order valence-electron chi connectivity index (χ2n) is 7.15. The summed E-state index contributed by atoms with van der Waals surface area (Å²) in [5, 5.41) is 3.82. The van der Waals surface area contributed by atoms with Crippen molar-refractivity contribution in [3.63, 3.8) is 0 Å². The molecule has 134 valence electrons. The number of carbonyl (C=O) groups excluding carboxylic acids is 3. The number of ketones is 2. The maximum absolute atomic E-state index is 12.6. The van der Waals surface area contributed by atoms with E-state index in [0.717, 1.165) is 42.3 Å². The first-order chi connectivity index (χ1) is 12.1. The Morgan fingerprint density at radius 3 is 2.68 bits per heavy atom. The van der Waals surface area contributed by atoms with Crippen molar-refractivity contribution in [2.45, 2.75) is 51.4 Å². The van der Waals surface area contributed by atoms with Crippen molar-refractivity contribution in [1.82, 2.24) is 0 Å². The Morgan fingerprint density at radius 2 is 1.96 bits per heavy atom. The first-order valence-corrected chi connectivity index (χ1v) is 10.2. The van der Waals surface area contributed by atoms with E-state index < -0.39 is 5.41 Å². The Hall–Kier alpha value is -1.49. The van der Waals surface area contributed by atoms with Crippen molar-refractivity contribution in [3.05, 3.63) is 29.8 Å². The van der Waals surface area contributed by atoms with E-state index in [1.165, 1.54) is 0 Å². The van der Waals surface area contributed by atoms with Crippen molar-refractivity contribution < 1.29 is 14.4 Å². The first-order valence-electron chi connectivity index (χ1n) is 9.07. The van der Waals surface area contributed by atoms with Gasteiger partial charge in [0.1, 0.15) is 11.6 Å². The minimum atomic E-state index is -0.868. The monoisotopic (exact) mass is 405 g/mol. The van der Waals surface area contributed by atoms with Crippen molar-refractivity contribution in [2.24, 2.45) is 11.3 Å². The minimum absolute atomic E-state index is 0.0642. The number of nitrogens with one attached hydrogen (secondary N) is 1. The van der Waals surface area contributed by atoms with Crippen LogP contribution in [0.3, 0.4) is 0 Å². The fourth-order valence-corrected chi connectivity index (χ4v) is 4.89. The number of Topliss-reactive ketones (excluding diaryl/α,β-unsaturated/α-hetero) is 2. The highest BCUT2D eigenvalue weighted by Crippen LogP contribution is 2.49. The van der Waals surface area contributed by atoms with E-state index in [1.54, 1.807) is 0 Å². The Bertz CT molecular complexity index is 669. The van der Waals surface area contributed by atoms with Gasteiger partial charge in [0.05, 0.1) is 5.41 Å². The number of hydrogen-bond donors (Lipinski definition) is 1. The molecule has 1 unspecified atom stereocenters. The third-order valence-corrected chi connectivity index (χ3v) is 6.07. The van der Waals surface area contributed by atoms with Gasteiger partial charge < -0.3 is 5.32 Å². The molecule has 2 fully saturated rings. The van der Waals surface area contributed by atoms with E-state index in [9.17, 15) is 14.4 Å². The molecule has 2 aliphatic carbocycles. The summed E-state index contributed by atoms with van der Waals surface area (Å²) in [5.74, 6) is -0.118. The molecule has 0 aromatic heterocycles. The standard InChI is InChI=1S/C20H24BrNO3/c21-11-9-14-4-3-6-16(12-14)22-19(25)13-15-5-1-2-10-20(15)17(23)7-8-18(20)24/h3-4,6,12,15H,1-2,5,7-11,13H2,(H,22,25). The summed E-state index contributed by atoms with van der Waals surface area (Å²) >= 11 is 3.42. The second-order valence-corrected chi connectivity index (χ2v) is 7.95. The zero-order valence-corrected chi connectivity index (χ0v) is 15.9. The predicted molar refractivity (Wildman–Crippen MR) is 101 cm³/mol. The molecule has 4 nitrogen and oxygen atoms in total. The van der Waals surface area contributed by atoms with Gasteiger partial charge in [0.25, 0.3) is 0 Å². The second kappa shape index (κ2) is 7.81. The molecule has 1 amide bonds. The van der Waals surface area contributed by atoms with Gasteiger partial charge in [0.2, 0.25) is 5.91 Å². The lowest BCUT2D eigenvalue weighted by atomic mass is 9.63. The van der Waals surface area contributed by atoms with Crippen LogP contribution in [0.25, 0.3) is 0 Å². The Balaban J connectivity index is 1.70. The maximum Gasteiger partial charge on any atom is 0.224 e. The number of hydrogen-bond acceptors (Lipinski definition) is 3. The molecular weight excluding hydrogens is 382 g/mol. The van der Waals surface area contributed by atoms with Gasteiger partial charge in [-0.25, -0.2) is 0 Å². The number of halogens is 1. The number of benzene rings is 1. The third kappa shape index (κ3) is 3.71. The van der Waals surface area contributed by atoms with Crippen LogP contribution in [0.15, 0.2) is 24.3 Å². The van der Waals surface area contributed by atoms with Gasteiger partial charge in [-0.05, 0) is 42.9 Å². The van der Waals surface area contributed by atoms with Crippen LogP contribution < -0.4 is 5.32 Å². The fourth-order valence-electron chi connectivity index (χ4n) is 4.43. The molecule has 0 aliphatic heterocycles. The zero-order valence-electron chi connectivity index (χ0n) is 14.4. The Kier molecular flexibility index (Phi) is 5.72. The van der Waals surface area contributed by atoms with Crippen LogP contribution in [0, 0.1) is 11.3 Å². The number of carbonyl (C=O) groups is 3. The normalized spacial score (nSPS) is 22.4. The van der Waals surface area contributed by atoms with E-state index in [4.69, 9.17) is 0 Å². The SMILES string of the molecule is O=C(CC1CCCCC12C(=O)CCC2=O)Nc1cccc(CCBr)c1. The van der Waals surface area contributed by atoms with Gasteiger partial charge in [-0.3, -0.25) is 14.4 Å². The lowest BCUT2D eigenvalue weighted by Crippen LogP contribution is -2.44. The average molecular weight is 406 g/mol. The molecule has 3 rings (SSSR count). The molecule has 2 saturated carbocycles. The highest BCUT2D eigenvalue weighted by Gasteiger charge is 2.55. The molecule has 0 saturated heterocycles. The van der Waals surface area contributed by atoms with Gasteiger partial charge in [-0.15, -0.1) is 0 Å². The molecule has 5 heteroatoms. The number of rotatable bonds is 5. The molecule has 1 spiro atoms. The lowest BCUT2D eigenvalue weighted by molar-refractivity contribution is -0.142. The van der Waals surface area contributed by atoms with Crippen LogP contribution >= 0.6 is 15.9 Å². The quantitative estimate of drug-likeness (QED) is 0.593. The zero-order chi connectivity index (χ0) is 17.9. The number of amides is 1. The van der Waals surface area contributed by atoms with E-state index >= 15 is 0 Å². The van der Waals surface area contributed by atoms with Crippen molar-refractivity contribution in [2.75, 3.05) is 10.6 Å². The van der Waals surface area contributed by atoms with Gasteiger partial charge in [-0.2, -0.15) is 0 Å². The van der Waals surface area contributed by atoms with Gasteiger partial charge in [0.15, 0.2) is 0 Å². The summed E-state index contributed by atoms with van der Waals surface area (Å²) < 4.78 is 0. The Labute approximate surface area is 156 Å². The molecule has 2 aliphatic rings. The molecule has 1 aromatic rings. The smallest absolute Gasteiger partial charge is 0.224 e. The van der Waals surface area contributed by atoms with E-state index in [2.05, 4.69) is 21.2 Å². The van der Waals surface area contributed by atoms with Crippen LogP contribution in [-0.2, 0) is 20.8 Å². The highest BCUT2D eigenvalue weighted by molar-refractivity contribution is 9.09. The molecule has 1 aromatic carbocycles. The van der Waals surface area contributed by atoms with Gasteiger partial charge in [0, 0.05) is 30.3 Å². The average Bonchev–Trinajstić information content (AvgIpc) is 2.86. The largest absolute Gasteiger partial charge is 0.326 e. The van der Waals surface area contributed by atoms with E-state index in [0.29, 0.717) is 19.3 Å². The maximum atomic E-state index is 12.6. The number of anilines is 1. The topological polar surface area (TPSA) is 63.2 Å². The molecule has 0 bridgehead atoms. The molecule has 1 N–H and O–H groups in total. The molecule has 0 heterocycles.